The van der Waals surface area contributed by atoms with Crippen LogP contribution in [-0.2, 0) is 11.2 Å². The van der Waals surface area contributed by atoms with Crippen LogP contribution in [0.25, 0.3) is 0 Å². The molecule has 3 nitrogen and oxygen atoms in total. The van der Waals surface area contributed by atoms with E-state index in [2.05, 4.69) is 55.6 Å². The molecule has 2 aromatic carbocycles. The SMILES string of the molecule is CC(Nc1ccc(C(C)C)cc1)C(=O)N1CCCc2ccccc21. The maximum Gasteiger partial charge on any atom is 0.249 e. The van der Waals surface area contributed by atoms with Gasteiger partial charge in [0.15, 0.2) is 0 Å². The zero-order valence-corrected chi connectivity index (χ0v) is 14.8. The first kappa shape index (κ1) is 16.6. The molecule has 0 bridgehead atoms. The molecule has 1 unspecified atom stereocenters. The minimum atomic E-state index is -0.249. The summed E-state index contributed by atoms with van der Waals surface area (Å²) < 4.78 is 0. The van der Waals surface area contributed by atoms with E-state index in [1.165, 1.54) is 11.1 Å². The Morgan fingerprint density at radius 2 is 1.75 bits per heavy atom. The Kier molecular flexibility index (Phi) is 4.89. The predicted molar refractivity (Wildman–Crippen MR) is 101 cm³/mol. The summed E-state index contributed by atoms with van der Waals surface area (Å²) in [4.78, 5) is 14.8. The average Bonchev–Trinajstić information content (AvgIpc) is 2.61. The van der Waals surface area contributed by atoms with E-state index >= 15 is 0 Å². The van der Waals surface area contributed by atoms with E-state index in [1.54, 1.807) is 0 Å². The highest BCUT2D eigenvalue weighted by atomic mass is 16.2. The summed E-state index contributed by atoms with van der Waals surface area (Å²) in [5.41, 5.74) is 4.64. The molecule has 3 heteroatoms. The molecule has 3 rings (SSSR count). The number of aryl methyl sites for hydroxylation is 1. The summed E-state index contributed by atoms with van der Waals surface area (Å²) in [5.74, 6) is 0.651. The van der Waals surface area contributed by atoms with Crippen LogP contribution in [0.15, 0.2) is 48.5 Å². The van der Waals surface area contributed by atoms with Crippen LogP contribution < -0.4 is 10.2 Å². The number of nitrogens with zero attached hydrogens (tertiary/aromatic N) is 1. The predicted octanol–water partition coefficient (Wildman–Crippen LogP) is 4.59. The maximum absolute atomic E-state index is 12.9. The first-order valence-electron chi connectivity index (χ1n) is 8.82. The van der Waals surface area contributed by atoms with Gasteiger partial charge in [0.2, 0.25) is 5.91 Å². The van der Waals surface area contributed by atoms with Gasteiger partial charge in [0.25, 0.3) is 0 Å². The van der Waals surface area contributed by atoms with Crippen molar-refractivity contribution in [2.24, 2.45) is 0 Å². The van der Waals surface area contributed by atoms with Gasteiger partial charge in [-0.05, 0) is 55.0 Å². The molecule has 1 aliphatic rings. The third-order valence-electron chi connectivity index (χ3n) is 4.71. The summed E-state index contributed by atoms with van der Waals surface area (Å²) in [6, 6.07) is 16.3. The van der Waals surface area contributed by atoms with Crippen LogP contribution in [0.3, 0.4) is 0 Å². The van der Waals surface area contributed by atoms with Gasteiger partial charge in [0.05, 0.1) is 0 Å². The van der Waals surface area contributed by atoms with Crippen LogP contribution in [-0.4, -0.2) is 18.5 Å². The van der Waals surface area contributed by atoms with E-state index in [0.29, 0.717) is 5.92 Å². The molecule has 0 radical (unpaired) electrons. The van der Waals surface area contributed by atoms with Gasteiger partial charge in [0.1, 0.15) is 6.04 Å². The molecule has 0 aromatic heterocycles. The zero-order valence-electron chi connectivity index (χ0n) is 14.8. The molecule has 0 spiro atoms. The number of anilines is 2. The second-order valence-electron chi connectivity index (χ2n) is 6.86. The van der Waals surface area contributed by atoms with Crippen molar-refractivity contribution in [3.05, 3.63) is 59.7 Å². The number of hydrogen-bond donors (Lipinski definition) is 1. The van der Waals surface area contributed by atoms with Crippen molar-refractivity contribution in [3.63, 3.8) is 0 Å². The van der Waals surface area contributed by atoms with E-state index in [4.69, 9.17) is 0 Å². The highest BCUT2D eigenvalue weighted by molar-refractivity contribution is 5.99. The first-order valence-corrected chi connectivity index (χ1v) is 8.82. The molecule has 1 amide bonds. The molecule has 126 valence electrons. The van der Waals surface area contributed by atoms with Gasteiger partial charge in [-0.2, -0.15) is 0 Å². The van der Waals surface area contributed by atoms with Gasteiger partial charge in [-0.3, -0.25) is 4.79 Å². The van der Waals surface area contributed by atoms with Gasteiger partial charge in [0, 0.05) is 17.9 Å². The number of amides is 1. The molecule has 24 heavy (non-hydrogen) atoms. The van der Waals surface area contributed by atoms with E-state index in [1.807, 2.05) is 24.0 Å². The number of carbonyl (C=O) groups is 1. The Morgan fingerprint density at radius 3 is 2.46 bits per heavy atom. The van der Waals surface area contributed by atoms with Crippen LogP contribution in [0.2, 0.25) is 0 Å². The molecule has 0 aliphatic carbocycles. The fraction of sp³-hybridized carbons (Fsp3) is 0.381. The maximum atomic E-state index is 12.9. The number of nitrogens with one attached hydrogen (secondary N) is 1. The number of hydrogen-bond acceptors (Lipinski definition) is 2. The Morgan fingerprint density at radius 1 is 1.04 bits per heavy atom. The quantitative estimate of drug-likeness (QED) is 0.893. The average molecular weight is 322 g/mol. The van der Waals surface area contributed by atoms with E-state index in [0.717, 1.165) is 30.8 Å². The van der Waals surface area contributed by atoms with Gasteiger partial charge in [-0.1, -0.05) is 44.2 Å². The minimum Gasteiger partial charge on any atom is -0.374 e. The Hall–Kier alpha value is -2.29. The third kappa shape index (κ3) is 3.45. The third-order valence-corrected chi connectivity index (χ3v) is 4.71. The lowest BCUT2D eigenvalue weighted by Crippen LogP contribution is -2.44. The fourth-order valence-corrected chi connectivity index (χ4v) is 3.27. The van der Waals surface area contributed by atoms with E-state index < -0.39 is 0 Å². The highest BCUT2D eigenvalue weighted by Crippen LogP contribution is 2.27. The van der Waals surface area contributed by atoms with Gasteiger partial charge in [-0.15, -0.1) is 0 Å². The van der Waals surface area contributed by atoms with Gasteiger partial charge in [-0.25, -0.2) is 0 Å². The molecule has 1 heterocycles. The first-order chi connectivity index (χ1) is 11.6. The standard InChI is InChI=1S/C21H26N2O/c1-15(2)17-10-12-19(13-11-17)22-16(3)21(24)23-14-6-8-18-7-4-5-9-20(18)23/h4-5,7,9-13,15-16,22H,6,8,14H2,1-3H3. The number of para-hydroxylation sites is 1. The van der Waals surface area contributed by atoms with Crippen molar-refractivity contribution in [1.29, 1.82) is 0 Å². The lowest BCUT2D eigenvalue weighted by atomic mass is 10.0. The van der Waals surface area contributed by atoms with E-state index in [-0.39, 0.29) is 11.9 Å². The highest BCUT2D eigenvalue weighted by Gasteiger charge is 2.25. The largest absolute Gasteiger partial charge is 0.374 e. The van der Waals surface area contributed by atoms with Crippen LogP contribution in [0.5, 0.6) is 0 Å². The Balaban J connectivity index is 1.71. The van der Waals surface area contributed by atoms with Crippen LogP contribution in [0, 0.1) is 0 Å². The summed E-state index contributed by atoms with van der Waals surface area (Å²) in [6.07, 6.45) is 2.08. The number of fused-ring (bicyclic) bond motifs is 1. The lowest BCUT2D eigenvalue weighted by Gasteiger charge is -2.32. The Bertz CT molecular complexity index is 706. The molecular formula is C21H26N2O. The summed E-state index contributed by atoms with van der Waals surface area (Å²) in [6.45, 7) is 7.11. The Labute approximate surface area is 144 Å². The van der Waals surface area contributed by atoms with Crippen molar-refractivity contribution in [3.8, 4) is 0 Å². The summed E-state index contributed by atoms with van der Waals surface area (Å²) in [7, 11) is 0. The van der Waals surface area contributed by atoms with Crippen molar-refractivity contribution in [2.75, 3.05) is 16.8 Å². The number of benzene rings is 2. The summed E-state index contributed by atoms with van der Waals surface area (Å²) >= 11 is 0. The zero-order chi connectivity index (χ0) is 17.1. The van der Waals surface area contributed by atoms with Gasteiger partial charge >= 0.3 is 0 Å². The number of carbonyl (C=O) groups excluding carboxylic acids is 1. The van der Waals surface area contributed by atoms with Crippen molar-refractivity contribution >= 4 is 17.3 Å². The summed E-state index contributed by atoms with van der Waals surface area (Å²) in [5, 5.41) is 3.34. The molecule has 1 atom stereocenters. The van der Waals surface area contributed by atoms with Crippen molar-refractivity contribution in [1.82, 2.24) is 0 Å². The molecule has 2 aromatic rings. The molecule has 1 N–H and O–H groups in total. The minimum absolute atomic E-state index is 0.134. The molecular weight excluding hydrogens is 296 g/mol. The second-order valence-corrected chi connectivity index (χ2v) is 6.86. The smallest absolute Gasteiger partial charge is 0.249 e. The van der Waals surface area contributed by atoms with Crippen molar-refractivity contribution in [2.45, 2.75) is 45.6 Å². The van der Waals surface area contributed by atoms with Gasteiger partial charge < -0.3 is 10.2 Å². The molecule has 1 aliphatic heterocycles. The topological polar surface area (TPSA) is 32.3 Å². The molecule has 0 fully saturated rings. The lowest BCUT2D eigenvalue weighted by molar-refractivity contribution is -0.119. The van der Waals surface area contributed by atoms with Crippen LogP contribution in [0.1, 0.15) is 44.2 Å². The normalized spacial score (nSPS) is 15.1. The monoisotopic (exact) mass is 322 g/mol. The van der Waals surface area contributed by atoms with Crippen LogP contribution in [0.4, 0.5) is 11.4 Å². The molecule has 0 saturated carbocycles. The van der Waals surface area contributed by atoms with Crippen molar-refractivity contribution < 1.29 is 4.79 Å². The second kappa shape index (κ2) is 7.08. The fourth-order valence-electron chi connectivity index (χ4n) is 3.27. The van der Waals surface area contributed by atoms with Crippen LogP contribution >= 0.6 is 0 Å². The number of rotatable bonds is 4. The van der Waals surface area contributed by atoms with E-state index in [9.17, 15) is 4.79 Å². The molecule has 0 saturated heterocycles.